The maximum absolute atomic E-state index is 11.6. The Labute approximate surface area is 113 Å². The Kier molecular flexibility index (Phi) is 5.17. The molecule has 1 atom stereocenters. The van der Waals surface area contributed by atoms with Gasteiger partial charge in [-0.2, -0.15) is 0 Å². The van der Waals surface area contributed by atoms with Crippen molar-refractivity contribution in [2.75, 3.05) is 6.61 Å². The molecule has 0 amide bonds. The summed E-state index contributed by atoms with van der Waals surface area (Å²) >= 11 is 5.82. The molecule has 0 saturated heterocycles. The highest BCUT2D eigenvalue weighted by Crippen LogP contribution is 2.34. The first kappa shape index (κ1) is 15.0. The van der Waals surface area contributed by atoms with Crippen molar-refractivity contribution in [2.45, 2.75) is 32.8 Å². The summed E-state index contributed by atoms with van der Waals surface area (Å²) < 4.78 is 4.91. The Bertz CT molecular complexity index is 400. The zero-order valence-corrected chi connectivity index (χ0v) is 11.7. The average Bonchev–Trinajstić information content (AvgIpc) is 2.29. The predicted octanol–water partition coefficient (Wildman–Crippen LogP) is 3.14. The van der Waals surface area contributed by atoms with E-state index in [-0.39, 0.29) is 12.3 Å². The van der Waals surface area contributed by atoms with E-state index in [4.69, 9.17) is 16.3 Å². The van der Waals surface area contributed by atoms with E-state index >= 15 is 0 Å². The van der Waals surface area contributed by atoms with E-state index in [0.717, 1.165) is 0 Å². The second kappa shape index (κ2) is 6.21. The fourth-order valence-electron chi connectivity index (χ4n) is 1.81. The van der Waals surface area contributed by atoms with Crippen LogP contribution in [0.1, 0.15) is 32.8 Å². The minimum Gasteiger partial charge on any atom is -0.466 e. The number of benzene rings is 1. The SMILES string of the molecule is CCOC(=O)CC(O)(c1ccc(Cl)cc1)C(C)C. The molecule has 4 heteroatoms. The maximum atomic E-state index is 11.6. The fourth-order valence-corrected chi connectivity index (χ4v) is 1.94. The van der Waals surface area contributed by atoms with Crippen molar-refractivity contribution in [3.8, 4) is 0 Å². The van der Waals surface area contributed by atoms with Crippen molar-refractivity contribution < 1.29 is 14.6 Å². The molecular weight excluding hydrogens is 252 g/mol. The van der Waals surface area contributed by atoms with Crippen LogP contribution >= 0.6 is 11.6 Å². The van der Waals surface area contributed by atoms with E-state index in [9.17, 15) is 9.90 Å². The van der Waals surface area contributed by atoms with Crippen LogP contribution in [0.4, 0.5) is 0 Å². The predicted molar refractivity (Wildman–Crippen MR) is 71.4 cm³/mol. The van der Waals surface area contributed by atoms with Crippen LogP contribution in [-0.4, -0.2) is 17.7 Å². The summed E-state index contributed by atoms with van der Waals surface area (Å²) in [5.74, 6) is -0.508. The van der Waals surface area contributed by atoms with Crippen LogP contribution in [0.5, 0.6) is 0 Å². The van der Waals surface area contributed by atoms with Crippen LogP contribution in [0.15, 0.2) is 24.3 Å². The molecule has 0 heterocycles. The van der Waals surface area contributed by atoms with Gasteiger partial charge in [0.15, 0.2) is 0 Å². The third-order valence-electron chi connectivity index (χ3n) is 3.02. The zero-order valence-electron chi connectivity index (χ0n) is 10.9. The third-order valence-corrected chi connectivity index (χ3v) is 3.27. The van der Waals surface area contributed by atoms with E-state index in [0.29, 0.717) is 17.2 Å². The lowest BCUT2D eigenvalue weighted by molar-refractivity contribution is -0.151. The molecule has 100 valence electrons. The Balaban J connectivity index is 2.99. The minimum absolute atomic E-state index is 0.0554. The number of hydrogen-bond acceptors (Lipinski definition) is 3. The number of hydrogen-bond donors (Lipinski definition) is 1. The third kappa shape index (κ3) is 3.47. The molecular formula is C14H19ClO3. The number of esters is 1. The summed E-state index contributed by atoms with van der Waals surface area (Å²) in [4.78, 5) is 11.6. The monoisotopic (exact) mass is 270 g/mol. The van der Waals surface area contributed by atoms with Gasteiger partial charge in [-0.05, 0) is 30.5 Å². The molecule has 0 aromatic heterocycles. The summed E-state index contributed by atoms with van der Waals surface area (Å²) in [6, 6.07) is 6.88. The first-order chi connectivity index (χ1) is 8.40. The number of halogens is 1. The fraction of sp³-hybridized carbons (Fsp3) is 0.500. The quantitative estimate of drug-likeness (QED) is 0.836. The van der Waals surface area contributed by atoms with Gasteiger partial charge in [0.2, 0.25) is 0 Å². The largest absolute Gasteiger partial charge is 0.466 e. The molecule has 0 spiro atoms. The average molecular weight is 271 g/mol. The van der Waals surface area contributed by atoms with Gasteiger partial charge in [-0.1, -0.05) is 37.6 Å². The summed E-state index contributed by atoms with van der Waals surface area (Å²) in [6.45, 7) is 5.80. The molecule has 0 aliphatic rings. The van der Waals surface area contributed by atoms with E-state index in [1.165, 1.54) is 0 Å². The van der Waals surface area contributed by atoms with Crippen LogP contribution in [0.2, 0.25) is 5.02 Å². The number of carbonyl (C=O) groups is 1. The molecule has 1 rings (SSSR count). The Morgan fingerprint density at radius 3 is 2.39 bits per heavy atom. The van der Waals surface area contributed by atoms with E-state index < -0.39 is 11.6 Å². The van der Waals surface area contributed by atoms with Crippen molar-refractivity contribution in [1.82, 2.24) is 0 Å². The smallest absolute Gasteiger partial charge is 0.309 e. The van der Waals surface area contributed by atoms with E-state index in [2.05, 4.69) is 0 Å². The zero-order chi connectivity index (χ0) is 13.8. The van der Waals surface area contributed by atoms with Crippen molar-refractivity contribution in [3.63, 3.8) is 0 Å². The van der Waals surface area contributed by atoms with Crippen LogP contribution in [-0.2, 0) is 15.1 Å². The molecule has 1 aromatic rings. The Morgan fingerprint density at radius 1 is 1.39 bits per heavy atom. The van der Waals surface area contributed by atoms with Gasteiger partial charge in [0.25, 0.3) is 0 Å². The first-order valence-electron chi connectivity index (χ1n) is 6.04. The van der Waals surface area contributed by atoms with Gasteiger partial charge in [0.05, 0.1) is 13.0 Å². The second-order valence-electron chi connectivity index (χ2n) is 4.57. The number of rotatable bonds is 5. The van der Waals surface area contributed by atoms with Crippen molar-refractivity contribution in [3.05, 3.63) is 34.9 Å². The van der Waals surface area contributed by atoms with E-state index in [1.54, 1.807) is 31.2 Å². The molecule has 0 radical (unpaired) electrons. The first-order valence-corrected chi connectivity index (χ1v) is 6.42. The standard InChI is InChI=1S/C14H19ClO3/c1-4-18-13(16)9-14(17,10(2)3)11-5-7-12(15)8-6-11/h5-8,10,17H,4,9H2,1-3H3. The molecule has 1 N–H and O–H groups in total. The highest BCUT2D eigenvalue weighted by Gasteiger charge is 2.36. The summed E-state index contributed by atoms with van der Waals surface area (Å²) in [5, 5.41) is 11.3. The summed E-state index contributed by atoms with van der Waals surface area (Å²) in [5.41, 5.74) is -0.549. The van der Waals surface area contributed by atoms with Gasteiger partial charge in [-0.3, -0.25) is 4.79 Å². The lowest BCUT2D eigenvalue weighted by Crippen LogP contribution is -2.35. The topological polar surface area (TPSA) is 46.5 Å². The number of aliphatic hydroxyl groups is 1. The molecule has 1 unspecified atom stereocenters. The minimum atomic E-state index is -1.23. The van der Waals surface area contributed by atoms with Gasteiger partial charge in [0.1, 0.15) is 5.60 Å². The number of carbonyl (C=O) groups excluding carboxylic acids is 1. The molecule has 0 saturated carbocycles. The molecule has 3 nitrogen and oxygen atoms in total. The summed E-state index contributed by atoms with van der Waals surface area (Å²) in [7, 11) is 0. The lowest BCUT2D eigenvalue weighted by atomic mass is 9.81. The second-order valence-corrected chi connectivity index (χ2v) is 5.00. The van der Waals surface area contributed by atoms with Crippen molar-refractivity contribution >= 4 is 17.6 Å². The molecule has 1 aromatic carbocycles. The Morgan fingerprint density at radius 2 is 1.94 bits per heavy atom. The molecule has 0 bridgehead atoms. The molecule has 0 aliphatic carbocycles. The van der Waals surface area contributed by atoms with E-state index in [1.807, 2.05) is 13.8 Å². The van der Waals surface area contributed by atoms with Crippen LogP contribution in [0.3, 0.4) is 0 Å². The molecule has 18 heavy (non-hydrogen) atoms. The number of ether oxygens (including phenoxy) is 1. The van der Waals surface area contributed by atoms with Gasteiger partial charge in [0, 0.05) is 5.02 Å². The normalized spacial score (nSPS) is 14.3. The lowest BCUT2D eigenvalue weighted by Gasteiger charge is -2.31. The highest BCUT2D eigenvalue weighted by atomic mass is 35.5. The Hall–Kier alpha value is -1.06. The van der Waals surface area contributed by atoms with Gasteiger partial charge >= 0.3 is 5.97 Å². The van der Waals surface area contributed by atoms with Gasteiger partial charge in [-0.25, -0.2) is 0 Å². The van der Waals surface area contributed by atoms with Crippen molar-refractivity contribution in [2.24, 2.45) is 5.92 Å². The van der Waals surface area contributed by atoms with Crippen LogP contribution in [0.25, 0.3) is 0 Å². The van der Waals surface area contributed by atoms with Crippen LogP contribution < -0.4 is 0 Å². The highest BCUT2D eigenvalue weighted by molar-refractivity contribution is 6.30. The van der Waals surface area contributed by atoms with Crippen molar-refractivity contribution in [1.29, 1.82) is 0 Å². The summed E-state index contributed by atoms with van der Waals surface area (Å²) in [6.07, 6.45) is -0.0554. The molecule has 0 aliphatic heterocycles. The molecule has 0 fully saturated rings. The van der Waals surface area contributed by atoms with Gasteiger partial charge in [-0.15, -0.1) is 0 Å². The van der Waals surface area contributed by atoms with Gasteiger partial charge < -0.3 is 9.84 Å². The maximum Gasteiger partial charge on any atom is 0.309 e. The van der Waals surface area contributed by atoms with Crippen LogP contribution in [0, 0.1) is 5.92 Å².